The van der Waals surface area contributed by atoms with E-state index in [0.29, 0.717) is 11.5 Å². The first-order valence-electron chi connectivity index (χ1n) is 11.4. The van der Waals surface area contributed by atoms with Gasteiger partial charge in [-0.25, -0.2) is 0 Å². The highest BCUT2D eigenvalue weighted by Crippen LogP contribution is 2.50. The van der Waals surface area contributed by atoms with Crippen LogP contribution < -0.4 is 4.90 Å². The highest BCUT2D eigenvalue weighted by molar-refractivity contribution is 5.81. The Morgan fingerprint density at radius 1 is 1.13 bits per heavy atom. The predicted molar refractivity (Wildman–Crippen MR) is 120 cm³/mol. The van der Waals surface area contributed by atoms with Gasteiger partial charge in [-0.15, -0.1) is 0 Å². The number of benzene rings is 2. The van der Waals surface area contributed by atoms with Crippen LogP contribution in [0.4, 0.5) is 5.69 Å². The lowest BCUT2D eigenvalue weighted by molar-refractivity contribution is -0.136. The smallest absolute Gasteiger partial charge is 0.226 e. The molecule has 1 amide bonds. The molecular weight excluding hydrogens is 386 g/mol. The molecule has 0 radical (unpaired) electrons. The molecule has 2 heterocycles. The lowest BCUT2D eigenvalue weighted by Gasteiger charge is -2.45. The second-order valence-electron chi connectivity index (χ2n) is 9.24. The average Bonchev–Trinajstić information content (AvgIpc) is 3.49. The second-order valence-corrected chi connectivity index (χ2v) is 9.24. The largest absolute Gasteiger partial charge is 0.394 e. The summed E-state index contributed by atoms with van der Waals surface area (Å²) in [5, 5.41) is 19.5. The summed E-state index contributed by atoms with van der Waals surface area (Å²) in [6.45, 7) is 0.858. The van der Waals surface area contributed by atoms with E-state index in [1.807, 2.05) is 31.3 Å². The summed E-state index contributed by atoms with van der Waals surface area (Å²) in [6, 6.07) is 16.3. The summed E-state index contributed by atoms with van der Waals surface area (Å²) in [5.74, 6) is 0.688. The van der Waals surface area contributed by atoms with Crippen molar-refractivity contribution >= 4 is 11.6 Å². The van der Waals surface area contributed by atoms with E-state index in [2.05, 4.69) is 34.1 Å². The minimum absolute atomic E-state index is 0.00977. The van der Waals surface area contributed by atoms with Crippen molar-refractivity contribution < 1.29 is 9.90 Å². The number of nitrogens with zero attached hydrogens (tertiary/aromatic N) is 3. The van der Waals surface area contributed by atoms with Crippen LogP contribution in [0.25, 0.3) is 11.1 Å². The molecule has 1 saturated carbocycles. The number of carbonyl (C=O) groups excluding carboxylic acids is 1. The number of fused-ring (bicyclic) bond motifs is 3. The van der Waals surface area contributed by atoms with Crippen molar-refractivity contribution in [3.05, 3.63) is 53.6 Å². The van der Waals surface area contributed by atoms with Crippen LogP contribution in [-0.4, -0.2) is 42.2 Å². The Bertz CT molecular complexity index is 1040. The summed E-state index contributed by atoms with van der Waals surface area (Å²) in [4.78, 5) is 17.7. The molecule has 3 aliphatic rings. The first kappa shape index (κ1) is 20.1. The predicted octanol–water partition coefficient (Wildman–Crippen LogP) is 4.12. The Hall–Kier alpha value is -2.84. The van der Waals surface area contributed by atoms with Gasteiger partial charge in [0.05, 0.1) is 30.3 Å². The Kier molecular flexibility index (Phi) is 5.19. The fraction of sp³-hybridized carbons (Fsp3) is 0.462. The quantitative estimate of drug-likeness (QED) is 0.819. The summed E-state index contributed by atoms with van der Waals surface area (Å²) in [7, 11) is 2.05. The first-order chi connectivity index (χ1) is 15.1. The number of amides is 1. The highest BCUT2D eigenvalue weighted by atomic mass is 16.3. The SMILES string of the molecule is CN1c2ccc(-c3cccc(C#N)c3)cc2[C@@H]2[C@@H](CCN2C(=O)C2CCCC2)[C@H]1CO. The Morgan fingerprint density at radius 3 is 2.65 bits per heavy atom. The molecule has 2 aromatic carbocycles. The van der Waals surface area contributed by atoms with Crippen molar-refractivity contribution in [1.29, 1.82) is 5.26 Å². The zero-order valence-corrected chi connectivity index (χ0v) is 18.0. The van der Waals surface area contributed by atoms with Crippen LogP contribution in [0.3, 0.4) is 0 Å². The summed E-state index contributed by atoms with van der Waals surface area (Å²) in [6.07, 6.45) is 5.23. The number of aliphatic hydroxyl groups is 1. The third kappa shape index (κ3) is 3.30. The number of likely N-dealkylation sites (tertiary alicyclic amines) is 1. The van der Waals surface area contributed by atoms with Gasteiger partial charge in [-0.2, -0.15) is 5.26 Å². The van der Waals surface area contributed by atoms with E-state index in [9.17, 15) is 15.2 Å². The number of nitriles is 1. The number of likely N-dealkylation sites (N-methyl/N-ethyl adjacent to an activating group) is 1. The van der Waals surface area contributed by atoms with Crippen LogP contribution in [0, 0.1) is 23.2 Å². The van der Waals surface area contributed by atoms with Gasteiger partial charge in [0.25, 0.3) is 0 Å². The number of hydrogen-bond donors (Lipinski definition) is 1. The minimum Gasteiger partial charge on any atom is -0.394 e. The van der Waals surface area contributed by atoms with E-state index in [0.717, 1.165) is 55.5 Å². The van der Waals surface area contributed by atoms with Crippen LogP contribution in [0.5, 0.6) is 0 Å². The van der Waals surface area contributed by atoms with Crippen molar-refractivity contribution in [2.45, 2.75) is 44.2 Å². The zero-order valence-electron chi connectivity index (χ0n) is 18.0. The fourth-order valence-electron chi connectivity index (χ4n) is 6.06. The lowest BCUT2D eigenvalue weighted by atomic mass is 9.81. The molecule has 1 N–H and O–H groups in total. The monoisotopic (exact) mass is 415 g/mol. The molecule has 0 bridgehead atoms. The topological polar surface area (TPSA) is 67.6 Å². The van der Waals surface area contributed by atoms with Crippen LogP contribution in [0.1, 0.15) is 49.3 Å². The summed E-state index contributed by atoms with van der Waals surface area (Å²) < 4.78 is 0. The van der Waals surface area contributed by atoms with Crippen molar-refractivity contribution in [2.24, 2.45) is 11.8 Å². The number of carbonyl (C=O) groups is 1. The van der Waals surface area contributed by atoms with E-state index in [-0.39, 0.29) is 30.5 Å². The molecule has 5 rings (SSSR count). The Labute approximate surface area is 183 Å². The molecule has 5 nitrogen and oxygen atoms in total. The molecule has 160 valence electrons. The van der Waals surface area contributed by atoms with Gasteiger partial charge in [0.1, 0.15) is 0 Å². The fourth-order valence-corrected chi connectivity index (χ4v) is 6.06. The molecule has 1 aliphatic carbocycles. The van der Waals surface area contributed by atoms with Gasteiger partial charge in [-0.3, -0.25) is 4.79 Å². The molecule has 2 aromatic rings. The molecule has 2 aliphatic heterocycles. The van der Waals surface area contributed by atoms with Gasteiger partial charge in [-0.05, 0) is 60.2 Å². The number of anilines is 1. The van der Waals surface area contributed by atoms with E-state index in [1.165, 1.54) is 5.56 Å². The molecule has 0 spiro atoms. The van der Waals surface area contributed by atoms with Crippen LogP contribution in [-0.2, 0) is 4.79 Å². The van der Waals surface area contributed by atoms with Crippen molar-refractivity contribution in [2.75, 3.05) is 25.1 Å². The molecule has 31 heavy (non-hydrogen) atoms. The lowest BCUT2D eigenvalue weighted by Crippen LogP contribution is -2.48. The molecule has 0 aromatic heterocycles. The minimum atomic E-state index is 0.00977. The normalized spacial score (nSPS) is 25.3. The van der Waals surface area contributed by atoms with Gasteiger partial charge >= 0.3 is 0 Å². The van der Waals surface area contributed by atoms with Gasteiger partial charge in [0.2, 0.25) is 5.91 Å². The van der Waals surface area contributed by atoms with Crippen molar-refractivity contribution in [1.82, 2.24) is 4.90 Å². The molecule has 3 atom stereocenters. The van der Waals surface area contributed by atoms with Crippen molar-refractivity contribution in [3.8, 4) is 17.2 Å². The van der Waals surface area contributed by atoms with Crippen molar-refractivity contribution in [3.63, 3.8) is 0 Å². The van der Waals surface area contributed by atoms with E-state index < -0.39 is 0 Å². The van der Waals surface area contributed by atoms with Gasteiger partial charge in [-0.1, -0.05) is 31.0 Å². The van der Waals surface area contributed by atoms with Gasteiger partial charge < -0.3 is 14.9 Å². The Morgan fingerprint density at radius 2 is 1.90 bits per heavy atom. The molecule has 5 heteroatoms. The van der Waals surface area contributed by atoms with E-state index in [1.54, 1.807) is 0 Å². The highest BCUT2D eigenvalue weighted by Gasteiger charge is 2.48. The number of hydrogen-bond acceptors (Lipinski definition) is 4. The third-order valence-electron chi connectivity index (χ3n) is 7.66. The summed E-state index contributed by atoms with van der Waals surface area (Å²) >= 11 is 0. The standard InChI is InChI=1S/C26H29N3O2/c1-28-23-10-9-20(19-8-4-5-17(13-19)15-27)14-22(23)25-21(24(28)16-30)11-12-29(25)26(31)18-6-2-3-7-18/h4-5,8-10,13-14,18,21,24-25,30H,2-3,6-7,11-12,16H2,1H3/t21-,24+,25-/m0/s1. The zero-order chi connectivity index (χ0) is 21.5. The summed E-state index contributed by atoms with van der Waals surface area (Å²) in [5.41, 5.74) is 4.97. The van der Waals surface area contributed by atoms with Gasteiger partial charge in [0, 0.05) is 31.1 Å². The van der Waals surface area contributed by atoms with Crippen LogP contribution in [0.15, 0.2) is 42.5 Å². The van der Waals surface area contributed by atoms with Crippen LogP contribution >= 0.6 is 0 Å². The maximum absolute atomic E-state index is 13.4. The molecule has 1 saturated heterocycles. The van der Waals surface area contributed by atoms with Crippen LogP contribution in [0.2, 0.25) is 0 Å². The van der Waals surface area contributed by atoms with E-state index >= 15 is 0 Å². The number of aliphatic hydroxyl groups excluding tert-OH is 1. The maximum Gasteiger partial charge on any atom is 0.226 e. The molecular formula is C26H29N3O2. The Balaban J connectivity index is 1.58. The average molecular weight is 416 g/mol. The van der Waals surface area contributed by atoms with E-state index in [4.69, 9.17) is 0 Å². The maximum atomic E-state index is 13.4. The molecule has 2 fully saturated rings. The van der Waals surface area contributed by atoms with Gasteiger partial charge in [0.15, 0.2) is 0 Å². The molecule has 0 unspecified atom stereocenters. The third-order valence-corrected chi connectivity index (χ3v) is 7.66. The second kappa shape index (κ2) is 8.01. The number of rotatable bonds is 3. The first-order valence-corrected chi connectivity index (χ1v) is 11.4.